The molecule has 18 heavy (non-hydrogen) atoms. The molecule has 0 aromatic carbocycles. The predicted molar refractivity (Wildman–Crippen MR) is 77.1 cm³/mol. The Hall–Kier alpha value is -1.14. The number of aryl methyl sites for hydroxylation is 1. The van der Waals surface area contributed by atoms with Crippen molar-refractivity contribution in [2.45, 2.75) is 25.9 Å². The molecule has 0 saturated heterocycles. The van der Waals surface area contributed by atoms with Gasteiger partial charge in [-0.1, -0.05) is 24.3 Å². The summed E-state index contributed by atoms with van der Waals surface area (Å²) in [5.41, 5.74) is 0. The van der Waals surface area contributed by atoms with Gasteiger partial charge in [-0.15, -0.1) is 0 Å². The average molecular weight is 283 g/mol. The van der Waals surface area contributed by atoms with Crippen LogP contribution >= 0.6 is 23.3 Å². The predicted octanol–water partition coefficient (Wildman–Crippen LogP) is 3.51. The molecule has 1 heterocycles. The highest BCUT2D eigenvalue weighted by atomic mass is 32.2. The molecule has 98 valence electrons. The van der Waals surface area contributed by atoms with Gasteiger partial charge in [-0.25, -0.2) is 4.98 Å². The maximum atomic E-state index is 12.1. The van der Waals surface area contributed by atoms with Crippen LogP contribution in [-0.2, 0) is 0 Å². The number of hydrogen-bond donors (Lipinski definition) is 0. The van der Waals surface area contributed by atoms with Gasteiger partial charge in [0.05, 0.1) is 0 Å². The standard InChI is InChI=1S/C12H17N3OS2/c1-4-6-8-15(9-7-5-2)12(16)17-11-13-10(3)18-14-11/h4-7H,8-9H2,1-3H3. The van der Waals surface area contributed by atoms with Crippen LogP contribution < -0.4 is 0 Å². The molecule has 1 aromatic rings. The summed E-state index contributed by atoms with van der Waals surface area (Å²) in [7, 11) is 0. The molecule has 0 unspecified atom stereocenters. The van der Waals surface area contributed by atoms with Crippen molar-refractivity contribution in [3.63, 3.8) is 0 Å². The summed E-state index contributed by atoms with van der Waals surface area (Å²) in [6.07, 6.45) is 7.79. The molecule has 4 nitrogen and oxygen atoms in total. The Labute approximate surface area is 116 Å². The van der Waals surface area contributed by atoms with Gasteiger partial charge in [0.15, 0.2) is 0 Å². The normalized spacial score (nSPS) is 11.5. The Morgan fingerprint density at radius 1 is 1.33 bits per heavy atom. The lowest BCUT2D eigenvalue weighted by Gasteiger charge is -2.17. The molecule has 0 aliphatic heterocycles. The minimum absolute atomic E-state index is 0.0241. The Kier molecular flexibility index (Phi) is 6.67. The summed E-state index contributed by atoms with van der Waals surface area (Å²) in [6, 6.07) is 0. The maximum Gasteiger partial charge on any atom is 0.290 e. The zero-order valence-corrected chi connectivity index (χ0v) is 12.4. The van der Waals surface area contributed by atoms with Crippen molar-refractivity contribution in [3.05, 3.63) is 29.3 Å². The molecule has 6 heteroatoms. The highest BCUT2D eigenvalue weighted by Gasteiger charge is 2.15. The highest BCUT2D eigenvalue weighted by molar-refractivity contribution is 8.13. The van der Waals surface area contributed by atoms with E-state index in [4.69, 9.17) is 0 Å². The number of aromatic nitrogens is 2. The third-order valence-electron chi connectivity index (χ3n) is 2.07. The van der Waals surface area contributed by atoms with E-state index in [0.717, 1.165) is 16.8 Å². The lowest BCUT2D eigenvalue weighted by Crippen LogP contribution is -2.28. The van der Waals surface area contributed by atoms with Gasteiger partial charge in [0, 0.05) is 24.9 Å². The van der Waals surface area contributed by atoms with Gasteiger partial charge in [0.1, 0.15) is 5.01 Å². The van der Waals surface area contributed by atoms with Crippen LogP contribution in [-0.4, -0.2) is 32.6 Å². The van der Waals surface area contributed by atoms with Gasteiger partial charge >= 0.3 is 0 Å². The van der Waals surface area contributed by atoms with E-state index in [1.807, 2.05) is 45.1 Å². The van der Waals surface area contributed by atoms with Crippen molar-refractivity contribution in [1.29, 1.82) is 0 Å². The first-order chi connectivity index (χ1) is 8.67. The van der Waals surface area contributed by atoms with E-state index < -0.39 is 0 Å². The van der Waals surface area contributed by atoms with Crippen LogP contribution in [0.25, 0.3) is 0 Å². The SMILES string of the molecule is CC=CCN(CC=CC)C(=O)Sc1nsc(C)n1. The third kappa shape index (κ3) is 5.01. The van der Waals surface area contributed by atoms with Crippen molar-refractivity contribution >= 4 is 28.5 Å². The molecule has 1 rings (SSSR count). The lowest BCUT2D eigenvalue weighted by molar-refractivity contribution is 0.233. The fourth-order valence-electron chi connectivity index (χ4n) is 1.15. The first kappa shape index (κ1) is 14.9. The largest absolute Gasteiger partial charge is 0.326 e. The smallest absolute Gasteiger partial charge is 0.290 e. The zero-order valence-electron chi connectivity index (χ0n) is 10.8. The van der Waals surface area contributed by atoms with Crippen molar-refractivity contribution in [2.75, 3.05) is 13.1 Å². The first-order valence-electron chi connectivity index (χ1n) is 5.66. The topological polar surface area (TPSA) is 46.1 Å². The molecule has 1 amide bonds. The van der Waals surface area contributed by atoms with E-state index in [0.29, 0.717) is 18.2 Å². The Morgan fingerprint density at radius 2 is 1.94 bits per heavy atom. The number of allylic oxidation sites excluding steroid dienone is 2. The summed E-state index contributed by atoms with van der Waals surface area (Å²) in [6.45, 7) is 6.98. The second kappa shape index (κ2) is 8.05. The fourth-order valence-corrected chi connectivity index (χ4v) is 2.47. The number of carbonyl (C=O) groups excluding carboxylic acids is 1. The number of thioether (sulfide) groups is 1. The van der Waals surface area contributed by atoms with Crippen LogP contribution in [0.2, 0.25) is 0 Å². The second-order valence-corrected chi connectivity index (χ2v) is 5.38. The quantitative estimate of drug-likeness (QED) is 0.613. The van der Waals surface area contributed by atoms with Crippen molar-refractivity contribution in [1.82, 2.24) is 14.3 Å². The van der Waals surface area contributed by atoms with E-state index >= 15 is 0 Å². The van der Waals surface area contributed by atoms with Gasteiger partial charge in [-0.05, 0) is 32.3 Å². The molecule has 0 aliphatic rings. The number of nitrogens with zero attached hydrogens (tertiary/aromatic N) is 3. The summed E-state index contributed by atoms with van der Waals surface area (Å²) < 4.78 is 4.11. The van der Waals surface area contributed by atoms with Crippen molar-refractivity contribution < 1.29 is 4.79 Å². The molecule has 0 fully saturated rings. The van der Waals surface area contributed by atoms with Crippen LogP contribution in [0.5, 0.6) is 0 Å². The van der Waals surface area contributed by atoms with Gasteiger partial charge in [-0.2, -0.15) is 4.37 Å². The van der Waals surface area contributed by atoms with Gasteiger partial charge < -0.3 is 4.90 Å². The molecule has 0 saturated carbocycles. The first-order valence-corrected chi connectivity index (χ1v) is 7.25. The number of rotatable bonds is 5. The lowest BCUT2D eigenvalue weighted by atomic mass is 10.4. The zero-order chi connectivity index (χ0) is 13.4. The number of carbonyl (C=O) groups is 1. The summed E-state index contributed by atoms with van der Waals surface area (Å²) in [4.78, 5) is 18.0. The van der Waals surface area contributed by atoms with Crippen molar-refractivity contribution in [3.8, 4) is 0 Å². The summed E-state index contributed by atoms with van der Waals surface area (Å²) >= 11 is 2.39. The molecule has 0 spiro atoms. The van der Waals surface area contributed by atoms with Crippen LogP contribution in [0.3, 0.4) is 0 Å². The summed E-state index contributed by atoms with van der Waals surface area (Å²) in [5, 5.41) is 1.39. The molecular weight excluding hydrogens is 266 g/mol. The molecule has 0 bridgehead atoms. The second-order valence-electron chi connectivity index (χ2n) is 3.51. The summed E-state index contributed by atoms with van der Waals surface area (Å²) in [5.74, 6) is 0. The average Bonchev–Trinajstić information content (AvgIpc) is 2.75. The molecular formula is C12H17N3OS2. The maximum absolute atomic E-state index is 12.1. The van der Waals surface area contributed by atoms with E-state index in [9.17, 15) is 4.79 Å². The molecule has 0 radical (unpaired) electrons. The Bertz CT molecular complexity index is 426. The van der Waals surface area contributed by atoms with Crippen molar-refractivity contribution in [2.24, 2.45) is 0 Å². The molecule has 0 atom stereocenters. The van der Waals surface area contributed by atoms with Crippen LogP contribution in [0, 0.1) is 6.92 Å². The number of hydrogen-bond acceptors (Lipinski definition) is 5. The van der Waals surface area contributed by atoms with E-state index in [-0.39, 0.29) is 5.24 Å². The molecule has 1 aromatic heterocycles. The monoisotopic (exact) mass is 283 g/mol. The highest BCUT2D eigenvalue weighted by Crippen LogP contribution is 2.19. The minimum atomic E-state index is -0.0241. The number of amides is 1. The van der Waals surface area contributed by atoms with Crippen LogP contribution in [0.1, 0.15) is 18.9 Å². The Morgan fingerprint density at radius 3 is 2.39 bits per heavy atom. The van der Waals surface area contributed by atoms with Gasteiger partial charge in [0.2, 0.25) is 5.16 Å². The van der Waals surface area contributed by atoms with E-state index in [1.165, 1.54) is 11.5 Å². The molecule has 0 N–H and O–H groups in total. The molecule has 0 aliphatic carbocycles. The van der Waals surface area contributed by atoms with Crippen LogP contribution in [0.4, 0.5) is 4.79 Å². The fraction of sp³-hybridized carbons (Fsp3) is 0.417. The minimum Gasteiger partial charge on any atom is -0.326 e. The Balaban J connectivity index is 2.62. The third-order valence-corrected chi connectivity index (χ3v) is 3.60. The van der Waals surface area contributed by atoms with E-state index in [2.05, 4.69) is 9.36 Å². The van der Waals surface area contributed by atoms with Gasteiger partial charge in [-0.3, -0.25) is 4.79 Å². The van der Waals surface area contributed by atoms with Gasteiger partial charge in [0.25, 0.3) is 5.24 Å². The van der Waals surface area contributed by atoms with Crippen LogP contribution in [0.15, 0.2) is 29.5 Å². The van der Waals surface area contributed by atoms with E-state index in [1.54, 1.807) is 4.90 Å².